The van der Waals surface area contributed by atoms with E-state index in [1.807, 2.05) is 0 Å². The van der Waals surface area contributed by atoms with Gasteiger partial charge in [-0.1, -0.05) is 12.1 Å². The first kappa shape index (κ1) is 37.3. The summed E-state index contributed by atoms with van der Waals surface area (Å²) in [7, 11) is -12.9. The van der Waals surface area contributed by atoms with E-state index in [-0.39, 0.29) is 61.0 Å². The number of halogens is 1. The number of fused-ring (bicyclic) bond motifs is 1. The topological polar surface area (TPSA) is 279 Å². The standard InChI is InChI=1S/C26H20ClN7O11S3.Cu/c1-34(26-30-24(27)29-25(31-26)28-17-4-2-3-5-20(17)47(40,41)42)14-6-8-16-13(10-14)11-21(48(43,44)45)22(23(16)36)33-32-18-12-15(46(37,38)39)7-9-19(18)35;/h2-12,32,35H,1H3,(H,37,38,39)(H,40,41,42)(H,43,44,45)(H,28,29,30,31);/p+3/b33-22+;. The van der Waals surface area contributed by atoms with Gasteiger partial charge in [-0.15, -0.1) is 0 Å². The Morgan fingerprint density at radius 2 is 1.55 bits per heavy atom. The molecule has 261 valence electrons. The number of nitrogens with zero attached hydrogens (tertiary/aromatic N) is 5. The van der Waals surface area contributed by atoms with Crippen LogP contribution in [0.3, 0.4) is 0 Å². The van der Waals surface area contributed by atoms with Gasteiger partial charge in [0.15, 0.2) is 5.71 Å². The first-order valence-electron chi connectivity index (χ1n) is 12.8. The number of Topliss-reactive ketones (excluding diaryl/α,β-unsaturated/α-hetero) is 1. The van der Waals surface area contributed by atoms with E-state index in [2.05, 4.69) is 30.8 Å². The second kappa shape index (κ2) is 13.8. The third-order valence-corrected chi connectivity index (χ3v) is 9.34. The first-order chi connectivity index (χ1) is 22.3. The van der Waals surface area contributed by atoms with Gasteiger partial charge in [0.1, 0.15) is 15.6 Å². The molecule has 0 saturated heterocycles. The smallest absolute Gasteiger partial charge is 0.506 e. The molecule has 23 heteroatoms. The van der Waals surface area contributed by atoms with Crippen molar-refractivity contribution >= 4 is 88.5 Å². The summed E-state index contributed by atoms with van der Waals surface area (Å²) in [5.74, 6) is -1.86. The Labute approximate surface area is 297 Å². The van der Waals surface area contributed by atoms with Crippen molar-refractivity contribution in [2.45, 2.75) is 9.79 Å². The SMILES string of the molecule is CN(c1ccc2c(c1)C=C(S(=O)(=O)O)/C(=N\Nc1cc(S(=O)(=O)O)ccc1O)C2=O)c1nc(Cl)nc(Nc2ccccc2S(=O)(=O)O)n1.[Cu].[H+].[H+].[H+]. The molecular weight excluding hydrogens is 782 g/mol. The second-order valence-corrected chi connectivity index (χ2v) is 14.2. The van der Waals surface area contributed by atoms with Gasteiger partial charge < -0.3 is 15.3 Å². The molecule has 0 bridgehead atoms. The fourth-order valence-electron chi connectivity index (χ4n) is 4.29. The molecule has 1 aliphatic carbocycles. The molecular formula is C26H23ClCuN7O11S3+3. The van der Waals surface area contributed by atoms with Gasteiger partial charge in [0.05, 0.1) is 16.3 Å². The summed E-state index contributed by atoms with van der Waals surface area (Å²) in [6.07, 6.45) is 0.942. The molecule has 49 heavy (non-hydrogen) atoms. The minimum Gasteiger partial charge on any atom is -0.506 e. The molecule has 5 rings (SSSR count). The van der Waals surface area contributed by atoms with E-state index < -0.39 is 68.0 Å². The monoisotopic (exact) mass is 803 g/mol. The minimum atomic E-state index is -5.10. The van der Waals surface area contributed by atoms with Crippen LogP contribution in [0.5, 0.6) is 5.75 Å². The summed E-state index contributed by atoms with van der Waals surface area (Å²) in [6, 6.07) is 12.0. The molecule has 1 heterocycles. The van der Waals surface area contributed by atoms with E-state index in [1.54, 1.807) is 0 Å². The maximum atomic E-state index is 13.4. The number of benzene rings is 3. The third-order valence-electron chi connectivity index (χ3n) is 6.54. The summed E-state index contributed by atoms with van der Waals surface area (Å²) in [4.78, 5) is 24.9. The second-order valence-electron chi connectivity index (χ2n) is 9.69. The molecule has 0 spiro atoms. The Kier molecular flexibility index (Phi) is 10.5. The van der Waals surface area contributed by atoms with Gasteiger partial charge in [0.2, 0.25) is 23.0 Å². The van der Waals surface area contributed by atoms with Gasteiger partial charge in [-0.2, -0.15) is 45.3 Å². The maximum Gasteiger partial charge on any atom is 1.00 e. The van der Waals surface area contributed by atoms with Crippen molar-refractivity contribution in [3.8, 4) is 5.75 Å². The predicted octanol–water partition coefficient (Wildman–Crippen LogP) is 3.46. The molecule has 3 aromatic carbocycles. The van der Waals surface area contributed by atoms with Gasteiger partial charge in [-0.3, -0.25) is 23.9 Å². The molecule has 6 N–H and O–H groups in total. The van der Waals surface area contributed by atoms with Gasteiger partial charge in [-0.05, 0) is 71.8 Å². The molecule has 0 unspecified atom stereocenters. The van der Waals surface area contributed by atoms with E-state index >= 15 is 0 Å². The van der Waals surface area contributed by atoms with Gasteiger partial charge >= 0.3 is 4.28 Å². The van der Waals surface area contributed by atoms with Crippen LogP contribution in [0.25, 0.3) is 6.08 Å². The van der Waals surface area contributed by atoms with E-state index in [0.717, 1.165) is 30.3 Å². The summed E-state index contributed by atoms with van der Waals surface area (Å²) >= 11 is 6.09. The molecule has 0 amide bonds. The first-order valence-corrected chi connectivity index (χ1v) is 17.5. The zero-order valence-electron chi connectivity index (χ0n) is 27.1. The van der Waals surface area contributed by atoms with Crippen molar-refractivity contribution in [1.82, 2.24) is 15.0 Å². The Morgan fingerprint density at radius 1 is 0.857 bits per heavy atom. The van der Waals surface area contributed by atoms with Crippen LogP contribution in [0.4, 0.5) is 29.0 Å². The zero-order valence-corrected chi connectivity index (χ0v) is 28.3. The minimum absolute atomic E-state index is 0. The number of aromatic nitrogens is 3. The van der Waals surface area contributed by atoms with Crippen LogP contribution in [0.1, 0.15) is 20.2 Å². The Bertz CT molecular complexity index is 2430. The molecule has 1 radical (unpaired) electrons. The van der Waals surface area contributed by atoms with E-state index in [0.29, 0.717) is 0 Å². The Morgan fingerprint density at radius 3 is 2.20 bits per heavy atom. The number of para-hydroxylation sites is 1. The van der Waals surface area contributed by atoms with E-state index in [4.69, 9.17) is 11.6 Å². The normalized spacial score (nSPS) is 14.0. The van der Waals surface area contributed by atoms with Crippen LogP contribution in [-0.2, 0) is 47.4 Å². The number of carbonyl (C=O) groups is 1. The number of phenolic OH excluding ortho intramolecular Hbond substituents is 1. The van der Waals surface area contributed by atoms with Crippen molar-refractivity contribution in [2.24, 2.45) is 5.10 Å². The molecule has 4 aromatic rings. The number of hydrogen-bond acceptors (Lipinski definition) is 15. The van der Waals surface area contributed by atoms with Crippen LogP contribution in [-0.4, -0.2) is 77.5 Å². The number of anilines is 5. The molecule has 0 fully saturated rings. The van der Waals surface area contributed by atoms with Crippen molar-refractivity contribution in [3.05, 3.63) is 82.0 Å². The number of hydrazone groups is 1. The van der Waals surface area contributed by atoms with E-state index in [1.165, 1.54) is 48.3 Å². The van der Waals surface area contributed by atoms with Crippen LogP contribution in [0.2, 0.25) is 5.28 Å². The van der Waals surface area contributed by atoms with Crippen LogP contribution >= 0.6 is 11.6 Å². The fourth-order valence-corrected chi connectivity index (χ4v) is 6.26. The summed E-state index contributed by atoms with van der Waals surface area (Å²) < 4.78 is 99.9. The number of carbonyl (C=O) groups excluding carboxylic acids is 1. The number of nitrogens with one attached hydrogen (secondary N) is 2. The largest absolute Gasteiger partial charge is 1.00 e. The third kappa shape index (κ3) is 8.21. The molecule has 1 aliphatic rings. The van der Waals surface area contributed by atoms with Crippen molar-refractivity contribution in [2.75, 3.05) is 22.7 Å². The molecule has 1 aromatic heterocycles. The number of hydrogen-bond donors (Lipinski definition) is 6. The molecule has 0 saturated carbocycles. The number of allylic oxidation sites excluding steroid dienone is 1. The van der Waals surface area contributed by atoms with E-state index in [9.17, 15) is 48.8 Å². The van der Waals surface area contributed by atoms with Gasteiger partial charge in [0, 0.05) is 35.4 Å². The maximum absolute atomic E-state index is 13.4. The Balaban J connectivity index is 0.00000338. The zero-order chi connectivity index (χ0) is 35.2. The average Bonchev–Trinajstić information content (AvgIpc) is 2.99. The molecule has 18 nitrogen and oxygen atoms in total. The molecule has 0 atom stereocenters. The van der Waals surface area contributed by atoms with Crippen LogP contribution in [0.15, 0.2) is 80.5 Å². The van der Waals surface area contributed by atoms with Gasteiger partial charge in [0.25, 0.3) is 30.4 Å². The number of aromatic hydroxyl groups is 1. The number of ketones is 1. The van der Waals surface area contributed by atoms with Crippen LogP contribution < -0.4 is 15.6 Å². The Hall–Kier alpha value is -4.51. The average molecular weight is 805 g/mol. The predicted molar refractivity (Wildman–Crippen MR) is 175 cm³/mol. The summed E-state index contributed by atoms with van der Waals surface area (Å²) in [6.45, 7) is 0. The quantitative estimate of drug-likeness (QED) is 0.0611. The van der Waals surface area contributed by atoms with Crippen LogP contribution in [0, 0.1) is 0 Å². The van der Waals surface area contributed by atoms with Crippen molar-refractivity contribution < 1.29 is 70.2 Å². The fraction of sp³-hybridized carbons (Fsp3) is 0.0385. The van der Waals surface area contributed by atoms with Crippen molar-refractivity contribution in [3.63, 3.8) is 0 Å². The summed E-state index contributed by atoms with van der Waals surface area (Å²) in [5.41, 5.74) is 1.07. The molecule has 0 aliphatic heterocycles. The van der Waals surface area contributed by atoms with Gasteiger partial charge in [-0.25, -0.2) is 0 Å². The number of phenols is 1. The van der Waals surface area contributed by atoms with Crippen molar-refractivity contribution in [1.29, 1.82) is 0 Å². The number of rotatable bonds is 9. The summed E-state index contributed by atoms with van der Waals surface area (Å²) in [5, 5.41) is 16.1.